The van der Waals surface area contributed by atoms with Crippen LogP contribution in [-0.4, -0.2) is 6.54 Å². The summed E-state index contributed by atoms with van der Waals surface area (Å²) in [7, 11) is 0. The number of benzene rings is 1. The Morgan fingerprint density at radius 1 is 1.20 bits per heavy atom. The lowest BCUT2D eigenvalue weighted by Crippen LogP contribution is -2.16. The van der Waals surface area contributed by atoms with E-state index in [1.54, 1.807) is 16.7 Å². The Kier molecular flexibility index (Phi) is 2.28. The van der Waals surface area contributed by atoms with Crippen molar-refractivity contribution in [2.75, 3.05) is 6.54 Å². The molecule has 1 aliphatic carbocycles. The van der Waals surface area contributed by atoms with Gasteiger partial charge in [0.1, 0.15) is 0 Å². The molecule has 1 heterocycles. The van der Waals surface area contributed by atoms with Crippen molar-refractivity contribution in [1.29, 1.82) is 0 Å². The molecule has 1 fully saturated rings. The second-order valence-corrected chi connectivity index (χ2v) is 4.94. The van der Waals surface area contributed by atoms with E-state index in [9.17, 15) is 0 Å². The second-order valence-electron chi connectivity index (χ2n) is 4.94. The first kappa shape index (κ1) is 9.41. The molecule has 0 bridgehead atoms. The minimum absolute atomic E-state index is 0.651. The van der Waals surface area contributed by atoms with Crippen molar-refractivity contribution in [3.63, 3.8) is 0 Å². The Labute approximate surface area is 91.9 Å². The quantitative estimate of drug-likeness (QED) is 0.736. The van der Waals surface area contributed by atoms with Crippen molar-refractivity contribution in [1.82, 2.24) is 5.32 Å². The first-order chi connectivity index (χ1) is 7.36. The molecule has 1 N–H and O–H groups in total. The zero-order chi connectivity index (χ0) is 10.3. The van der Waals surface area contributed by atoms with Crippen molar-refractivity contribution in [3.05, 3.63) is 34.4 Å². The Morgan fingerprint density at radius 2 is 2.13 bits per heavy atom. The van der Waals surface area contributed by atoms with E-state index in [4.69, 9.17) is 0 Å². The molecule has 1 aliphatic heterocycles. The third-order valence-corrected chi connectivity index (χ3v) is 3.95. The van der Waals surface area contributed by atoms with Gasteiger partial charge in [0.15, 0.2) is 0 Å². The third kappa shape index (κ3) is 1.50. The third-order valence-electron chi connectivity index (χ3n) is 3.95. The Morgan fingerprint density at radius 3 is 2.93 bits per heavy atom. The van der Waals surface area contributed by atoms with Gasteiger partial charge in [0.2, 0.25) is 0 Å². The highest BCUT2D eigenvalue weighted by Crippen LogP contribution is 2.34. The Hall–Kier alpha value is -0.820. The SMILES string of the molecule is Cc1ccc2c(c1[C@@H]1CCCN1)CCC2. The summed E-state index contributed by atoms with van der Waals surface area (Å²) in [6, 6.07) is 5.31. The number of fused-ring (bicyclic) bond motifs is 1. The number of nitrogens with one attached hydrogen (secondary N) is 1. The maximum absolute atomic E-state index is 3.64. The predicted molar refractivity (Wildman–Crippen MR) is 63.2 cm³/mol. The fraction of sp³-hybridized carbons (Fsp3) is 0.571. The summed E-state index contributed by atoms with van der Waals surface area (Å²) < 4.78 is 0. The first-order valence-corrected chi connectivity index (χ1v) is 6.21. The molecule has 0 unspecified atom stereocenters. The fourth-order valence-electron chi connectivity index (χ4n) is 3.23. The molecule has 0 aromatic heterocycles. The molecular weight excluding hydrogens is 182 g/mol. The second kappa shape index (κ2) is 3.64. The molecular formula is C14H19N. The topological polar surface area (TPSA) is 12.0 Å². The van der Waals surface area contributed by atoms with Crippen molar-refractivity contribution < 1.29 is 0 Å². The van der Waals surface area contributed by atoms with Crippen LogP contribution in [0.1, 0.15) is 47.6 Å². The maximum Gasteiger partial charge on any atom is 0.0326 e. The van der Waals surface area contributed by atoms with Crippen LogP contribution in [0, 0.1) is 6.92 Å². The van der Waals surface area contributed by atoms with Crippen LogP contribution < -0.4 is 5.32 Å². The largest absolute Gasteiger partial charge is 0.310 e. The Bertz CT molecular complexity index is 375. The van der Waals surface area contributed by atoms with Gasteiger partial charge in [0.25, 0.3) is 0 Å². The van der Waals surface area contributed by atoms with E-state index >= 15 is 0 Å². The summed E-state index contributed by atoms with van der Waals surface area (Å²) in [6.45, 7) is 3.47. The molecule has 0 spiro atoms. The molecule has 1 saturated heterocycles. The lowest BCUT2D eigenvalue weighted by Gasteiger charge is -2.18. The van der Waals surface area contributed by atoms with Crippen LogP contribution in [0.4, 0.5) is 0 Å². The molecule has 0 amide bonds. The minimum Gasteiger partial charge on any atom is -0.310 e. The van der Waals surface area contributed by atoms with Gasteiger partial charge >= 0.3 is 0 Å². The monoisotopic (exact) mass is 201 g/mol. The van der Waals surface area contributed by atoms with Crippen LogP contribution in [0.3, 0.4) is 0 Å². The molecule has 1 aromatic carbocycles. The first-order valence-electron chi connectivity index (χ1n) is 6.21. The van der Waals surface area contributed by atoms with E-state index in [1.807, 2.05) is 0 Å². The van der Waals surface area contributed by atoms with Gasteiger partial charge in [0, 0.05) is 6.04 Å². The number of rotatable bonds is 1. The van der Waals surface area contributed by atoms with E-state index in [0.29, 0.717) is 6.04 Å². The number of hydrogen-bond acceptors (Lipinski definition) is 1. The van der Waals surface area contributed by atoms with Crippen LogP contribution >= 0.6 is 0 Å². The van der Waals surface area contributed by atoms with Gasteiger partial charge in [-0.15, -0.1) is 0 Å². The maximum atomic E-state index is 3.64. The van der Waals surface area contributed by atoms with Gasteiger partial charge in [-0.2, -0.15) is 0 Å². The lowest BCUT2D eigenvalue weighted by atomic mass is 9.92. The molecule has 80 valence electrons. The van der Waals surface area contributed by atoms with Crippen LogP contribution in [-0.2, 0) is 12.8 Å². The standard InChI is InChI=1S/C14H19N/c1-10-7-8-11-4-2-5-12(11)14(10)13-6-3-9-15-13/h7-8,13,15H,2-6,9H2,1H3/t13-/m0/s1. The summed E-state index contributed by atoms with van der Waals surface area (Å²) in [5, 5.41) is 3.64. The normalized spacial score (nSPS) is 24.5. The average molecular weight is 201 g/mol. The summed E-state index contributed by atoms with van der Waals surface area (Å²) >= 11 is 0. The molecule has 1 heteroatoms. The molecule has 0 saturated carbocycles. The predicted octanol–water partition coefficient (Wildman–Crippen LogP) is 2.91. The highest BCUT2D eigenvalue weighted by atomic mass is 14.9. The van der Waals surface area contributed by atoms with E-state index in [-0.39, 0.29) is 0 Å². The van der Waals surface area contributed by atoms with Crippen molar-refractivity contribution in [2.45, 2.75) is 45.1 Å². The van der Waals surface area contributed by atoms with Gasteiger partial charge in [0.05, 0.1) is 0 Å². The molecule has 15 heavy (non-hydrogen) atoms. The van der Waals surface area contributed by atoms with Gasteiger partial charge in [-0.1, -0.05) is 12.1 Å². The number of aryl methyl sites for hydroxylation is 2. The van der Waals surface area contributed by atoms with Crippen molar-refractivity contribution in [2.24, 2.45) is 0 Å². The molecule has 0 radical (unpaired) electrons. The zero-order valence-corrected chi connectivity index (χ0v) is 9.47. The smallest absolute Gasteiger partial charge is 0.0326 e. The lowest BCUT2D eigenvalue weighted by molar-refractivity contribution is 0.637. The molecule has 1 aromatic rings. The molecule has 1 nitrogen and oxygen atoms in total. The van der Waals surface area contributed by atoms with Gasteiger partial charge < -0.3 is 5.32 Å². The van der Waals surface area contributed by atoms with Gasteiger partial charge in [-0.25, -0.2) is 0 Å². The minimum atomic E-state index is 0.651. The van der Waals surface area contributed by atoms with Crippen molar-refractivity contribution >= 4 is 0 Å². The summed E-state index contributed by atoms with van der Waals surface area (Å²) in [5.41, 5.74) is 6.43. The highest BCUT2D eigenvalue weighted by molar-refractivity contribution is 5.45. The molecule has 1 atom stereocenters. The highest BCUT2D eigenvalue weighted by Gasteiger charge is 2.24. The summed E-state index contributed by atoms with van der Waals surface area (Å²) in [5.74, 6) is 0. The van der Waals surface area contributed by atoms with Crippen LogP contribution in [0.15, 0.2) is 12.1 Å². The van der Waals surface area contributed by atoms with E-state index in [0.717, 1.165) is 0 Å². The summed E-state index contributed by atoms with van der Waals surface area (Å²) in [4.78, 5) is 0. The van der Waals surface area contributed by atoms with Gasteiger partial charge in [-0.05, 0) is 67.8 Å². The van der Waals surface area contributed by atoms with Gasteiger partial charge in [-0.3, -0.25) is 0 Å². The molecule has 2 aliphatic rings. The molecule has 3 rings (SSSR count). The Balaban J connectivity index is 2.08. The zero-order valence-electron chi connectivity index (χ0n) is 9.47. The van der Waals surface area contributed by atoms with Crippen LogP contribution in [0.5, 0.6) is 0 Å². The fourth-order valence-corrected chi connectivity index (χ4v) is 3.23. The van der Waals surface area contributed by atoms with E-state index in [1.165, 1.54) is 44.2 Å². The summed E-state index contributed by atoms with van der Waals surface area (Å²) in [6.07, 6.45) is 6.64. The van der Waals surface area contributed by atoms with E-state index < -0.39 is 0 Å². The number of hydrogen-bond donors (Lipinski definition) is 1. The van der Waals surface area contributed by atoms with Crippen LogP contribution in [0.2, 0.25) is 0 Å². The van der Waals surface area contributed by atoms with Crippen molar-refractivity contribution in [3.8, 4) is 0 Å². The van der Waals surface area contributed by atoms with Crippen LogP contribution in [0.25, 0.3) is 0 Å². The van der Waals surface area contributed by atoms with E-state index in [2.05, 4.69) is 24.4 Å². The average Bonchev–Trinajstić information content (AvgIpc) is 2.85.